The number of aromatic nitrogens is 2. The van der Waals surface area contributed by atoms with E-state index in [4.69, 9.17) is 6.57 Å². The summed E-state index contributed by atoms with van der Waals surface area (Å²) in [5, 5.41) is 11.9. The standard InChI is InChI=1S/C62H44N6/c1-43-12-10-18-57(36-43)65(51-14-6-4-7-15-51)53-28-32-55(33-29-53)67-59(46-22-20-45(42-63)21-23-46)38-48-40-62-49(41-61(48)67)39-60(47-24-26-50(64-3)27-25-47)68(62)56-34-30-54(31-35-56)66(52-16-8-5-9-17-52)58-19-11-13-44(2)37-58/h4-41H,1-2H3. The van der Waals surface area contributed by atoms with E-state index in [0.717, 1.165) is 89.8 Å². The molecule has 9 aromatic carbocycles. The van der Waals surface area contributed by atoms with Crippen LogP contribution in [0.3, 0.4) is 0 Å². The highest BCUT2D eigenvalue weighted by Crippen LogP contribution is 2.42. The fourth-order valence-corrected chi connectivity index (χ4v) is 9.40. The van der Waals surface area contributed by atoms with E-state index in [9.17, 15) is 5.26 Å². The Bertz CT molecular complexity index is 3440. The maximum Gasteiger partial charge on any atom is 0.187 e. The van der Waals surface area contributed by atoms with Gasteiger partial charge in [-0.2, -0.15) is 5.26 Å². The Kier molecular flexibility index (Phi) is 10.7. The largest absolute Gasteiger partial charge is 0.310 e. The molecule has 0 saturated carbocycles. The van der Waals surface area contributed by atoms with Gasteiger partial charge in [-0.25, -0.2) is 4.85 Å². The summed E-state index contributed by atoms with van der Waals surface area (Å²) in [6.07, 6.45) is 0. The lowest BCUT2D eigenvalue weighted by Gasteiger charge is -2.26. The van der Waals surface area contributed by atoms with Crippen LogP contribution in [0.5, 0.6) is 0 Å². The molecule has 0 amide bonds. The van der Waals surface area contributed by atoms with Crippen LogP contribution in [0.4, 0.5) is 39.8 Å². The Morgan fingerprint density at radius 2 is 0.809 bits per heavy atom. The van der Waals surface area contributed by atoms with Gasteiger partial charge in [0.15, 0.2) is 5.69 Å². The first-order valence-corrected chi connectivity index (χ1v) is 22.7. The third kappa shape index (κ3) is 7.73. The van der Waals surface area contributed by atoms with Crippen LogP contribution in [0, 0.1) is 31.8 Å². The molecule has 2 heterocycles. The Labute approximate surface area is 396 Å². The molecule has 0 aliphatic carbocycles. The molecule has 11 rings (SSSR count). The predicted octanol–water partition coefficient (Wildman–Crippen LogP) is 16.9. The number of rotatable bonds is 10. The van der Waals surface area contributed by atoms with Gasteiger partial charge in [0.05, 0.1) is 40.6 Å². The molecule has 0 aliphatic rings. The fourth-order valence-electron chi connectivity index (χ4n) is 9.40. The van der Waals surface area contributed by atoms with E-state index in [1.54, 1.807) is 0 Å². The second kappa shape index (κ2) is 17.6. The third-order valence-corrected chi connectivity index (χ3v) is 12.6. The van der Waals surface area contributed by atoms with Gasteiger partial charge in [-0.3, -0.25) is 0 Å². The van der Waals surface area contributed by atoms with Crippen molar-refractivity contribution < 1.29 is 0 Å². The summed E-state index contributed by atoms with van der Waals surface area (Å²) in [5.41, 5.74) is 18.3. The summed E-state index contributed by atoms with van der Waals surface area (Å²) in [5.74, 6) is 0. The van der Waals surface area contributed by atoms with Crippen molar-refractivity contribution in [3.63, 3.8) is 0 Å². The van der Waals surface area contributed by atoms with Crippen LogP contribution in [-0.2, 0) is 0 Å². The number of para-hydroxylation sites is 2. The van der Waals surface area contributed by atoms with Gasteiger partial charge in [-0.05, 0) is 170 Å². The zero-order chi connectivity index (χ0) is 46.1. The van der Waals surface area contributed by atoms with Crippen LogP contribution < -0.4 is 9.80 Å². The summed E-state index contributed by atoms with van der Waals surface area (Å²) in [6.45, 7) is 11.9. The van der Waals surface area contributed by atoms with Crippen molar-refractivity contribution >= 4 is 61.6 Å². The summed E-state index contributed by atoms with van der Waals surface area (Å²) in [6, 6.07) is 82.9. The van der Waals surface area contributed by atoms with Crippen LogP contribution in [-0.4, -0.2) is 9.13 Å². The number of nitrogens with zero attached hydrogens (tertiary/aromatic N) is 6. The minimum Gasteiger partial charge on any atom is -0.310 e. The van der Waals surface area contributed by atoms with E-state index in [-0.39, 0.29) is 0 Å². The second-order valence-corrected chi connectivity index (χ2v) is 17.1. The second-order valence-electron chi connectivity index (χ2n) is 17.1. The monoisotopic (exact) mass is 872 g/mol. The number of benzene rings is 9. The van der Waals surface area contributed by atoms with Crippen molar-refractivity contribution in [2.24, 2.45) is 0 Å². The SMILES string of the molecule is [C-]#[N+]c1ccc(-c2cc3cc4c(cc(-c5ccc(C#N)cc5)n4-c4ccc(N(c5ccccc5)c5cccc(C)c5)cc4)cc3n2-c2ccc(N(c3ccccc3)c3cccc(C)c3)cc2)cc1. The van der Waals surface area contributed by atoms with Crippen molar-refractivity contribution in [1.29, 1.82) is 5.26 Å². The lowest BCUT2D eigenvalue weighted by Crippen LogP contribution is -2.10. The zero-order valence-electron chi connectivity index (χ0n) is 37.6. The summed E-state index contributed by atoms with van der Waals surface area (Å²) >= 11 is 0. The minimum atomic E-state index is 0.602. The van der Waals surface area contributed by atoms with Gasteiger partial charge in [-0.1, -0.05) is 97.1 Å². The molecular weight excluding hydrogens is 829 g/mol. The molecular formula is C62H44N6. The lowest BCUT2D eigenvalue weighted by atomic mass is 10.1. The third-order valence-electron chi connectivity index (χ3n) is 12.6. The quantitative estimate of drug-likeness (QED) is 0.129. The highest BCUT2D eigenvalue weighted by atomic mass is 15.1. The molecule has 0 spiro atoms. The molecule has 6 nitrogen and oxygen atoms in total. The molecule has 0 radical (unpaired) electrons. The van der Waals surface area contributed by atoms with E-state index in [1.807, 2.05) is 60.7 Å². The highest BCUT2D eigenvalue weighted by molar-refractivity contribution is 6.02. The van der Waals surface area contributed by atoms with Crippen molar-refractivity contribution in [2.75, 3.05) is 9.80 Å². The average Bonchev–Trinajstić information content (AvgIpc) is 3.95. The summed E-state index contributed by atoms with van der Waals surface area (Å²) in [7, 11) is 0. The molecule has 6 heteroatoms. The van der Waals surface area contributed by atoms with Crippen molar-refractivity contribution in [2.45, 2.75) is 13.8 Å². The molecule has 0 bridgehead atoms. The van der Waals surface area contributed by atoms with Gasteiger partial charge in [0.25, 0.3) is 0 Å². The van der Waals surface area contributed by atoms with Crippen LogP contribution in [0.1, 0.15) is 16.7 Å². The Morgan fingerprint density at radius 3 is 1.21 bits per heavy atom. The normalized spacial score (nSPS) is 11.1. The molecule has 322 valence electrons. The van der Waals surface area contributed by atoms with Gasteiger partial charge >= 0.3 is 0 Å². The van der Waals surface area contributed by atoms with E-state index in [1.165, 1.54) is 11.1 Å². The average molecular weight is 873 g/mol. The highest BCUT2D eigenvalue weighted by Gasteiger charge is 2.21. The van der Waals surface area contributed by atoms with Crippen LogP contribution >= 0.6 is 0 Å². The predicted molar refractivity (Wildman–Crippen MR) is 281 cm³/mol. The van der Waals surface area contributed by atoms with Crippen molar-refractivity contribution in [1.82, 2.24) is 9.13 Å². The maximum absolute atomic E-state index is 9.71. The van der Waals surface area contributed by atoms with Crippen molar-refractivity contribution in [3.05, 3.63) is 259 Å². The van der Waals surface area contributed by atoms with Gasteiger partial charge in [0.1, 0.15) is 0 Å². The van der Waals surface area contributed by atoms with Gasteiger partial charge in [-0.15, -0.1) is 0 Å². The van der Waals surface area contributed by atoms with E-state index < -0.39 is 0 Å². The van der Waals surface area contributed by atoms with Crippen LogP contribution in [0.2, 0.25) is 0 Å². The molecule has 0 atom stereocenters. The van der Waals surface area contributed by atoms with Gasteiger partial charge in [0, 0.05) is 56.3 Å². The first-order chi connectivity index (χ1) is 33.4. The smallest absolute Gasteiger partial charge is 0.187 e. The molecule has 0 saturated heterocycles. The molecule has 0 fully saturated rings. The minimum absolute atomic E-state index is 0.602. The lowest BCUT2D eigenvalue weighted by molar-refractivity contribution is 1.13. The number of hydrogen-bond acceptors (Lipinski definition) is 3. The zero-order valence-corrected chi connectivity index (χ0v) is 37.6. The molecule has 0 unspecified atom stereocenters. The number of fused-ring (bicyclic) bond motifs is 2. The van der Waals surface area contributed by atoms with Crippen LogP contribution in [0.25, 0.3) is 60.5 Å². The molecule has 11 aromatic rings. The number of hydrogen-bond donors (Lipinski definition) is 0. The molecule has 2 aromatic heterocycles. The van der Waals surface area contributed by atoms with E-state index >= 15 is 0 Å². The number of nitriles is 1. The molecule has 0 N–H and O–H groups in total. The van der Waals surface area contributed by atoms with Gasteiger partial charge in [0.2, 0.25) is 0 Å². The van der Waals surface area contributed by atoms with E-state index in [2.05, 4.69) is 214 Å². The fraction of sp³-hybridized carbons (Fsp3) is 0.0323. The Hall–Kier alpha value is -9.36. The maximum atomic E-state index is 9.71. The molecule has 68 heavy (non-hydrogen) atoms. The number of aryl methyl sites for hydroxylation is 2. The summed E-state index contributed by atoms with van der Waals surface area (Å²) in [4.78, 5) is 8.27. The Morgan fingerprint density at radius 1 is 0.412 bits per heavy atom. The first kappa shape index (κ1) is 41.4. The van der Waals surface area contributed by atoms with E-state index in [0.29, 0.717) is 11.3 Å². The first-order valence-electron chi connectivity index (χ1n) is 22.7. The summed E-state index contributed by atoms with van der Waals surface area (Å²) < 4.78 is 4.67. The van der Waals surface area contributed by atoms with Gasteiger partial charge < -0.3 is 18.9 Å². The Balaban J connectivity index is 1.08. The number of anilines is 6. The van der Waals surface area contributed by atoms with Crippen LogP contribution in [0.15, 0.2) is 231 Å². The molecule has 0 aliphatic heterocycles. The topological polar surface area (TPSA) is 44.5 Å². The van der Waals surface area contributed by atoms with Crippen molar-refractivity contribution in [3.8, 4) is 40.0 Å².